The number of aryl methyl sites for hydroxylation is 1. The van der Waals surface area contributed by atoms with E-state index in [0.29, 0.717) is 13.2 Å². The zero-order valence-electron chi connectivity index (χ0n) is 12.6. The van der Waals surface area contributed by atoms with Crippen LogP contribution in [0.1, 0.15) is 26.5 Å². The number of benzene rings is 1. The van der Waals surface area contributed by atoms with Crippen LogP contribution < -0.4 is 14.8 Å². The quantitative estimate of drug-likeness (QED) is 0.873. The lowest BCUT2D eigenvalue weighted by molar-refractivity contribution is 0.336. The van der Waals surface area contributed by atoms with Gasteiger partial charge in [-0.2, -0.15) is 0 Å². The summed E-state index contributed by atoms with van der Waals surface area (Å²) in [6.07, 6.45) is 0.884. The van der Waals surface area contributed by atoms with Crippen LogP contribution in [0, 0.1) is 0 Å². The molecule has 0 aliphatic carbocycles. The van der Waals surface area contributed by atoms with E-state index in [2.05, 4.69) is 18.3 Å². The zero-order valence-corrected chi connectivity index (χ0v) is 12.6. The Bertz CT molecular complexity index is 597. The number of aromatic nitrogens is 1. The van der Waals surface area contributed by atoms with Gasteiger partial charge in [0.05, 0.1) is 18.6 Å². The number of fused-ring (bicyclic) bond motifs is 1. The van der Waals surface area contributed by atoms with E-state index < -0.39 is 0 Å². The Morgan fingerprint density at radius 2 is 1.70 bits per heavy atom. The number of rotatable bonds is 6. The third kappa shape index (κ3) is 2.64. The Morgan fingerprint density at radius 1 is 1.05 bits per heavy atom. The molecule has 1 N–H and O–H groups in total. The summed E-state index contributed by atoms with van der Waals surface area (Å²) in [7, 11) is 1.91. The van der Waals surface area contributed by atoms with Crippen molar-refractivity contribution in [2.24, 2.45) is 0 Å². The van der Waals surface area contributed by atoms with Gasteiger partial charge in [-0.05, 0) is 38.5 Å². The van der Waals surface area contributed by atoms with Gasteiger partial charge in [-0.25, -0.2) is 4.98 Å². The van der Waals surface area contributed by atoms with Gasteiger partial charge in [0.25, 0.3) is 0 Å². The summed E-state index contributed by atoms with van der Waals surface area (Å²) in [4.78, 5) is 4.72. The summed E-state index contributed by atoms with van der Waals surface area (Å²) < 4.78 is 11.4. The van der Waals surface area contributed by atoms with Crippen molar-refractivity contribution < 1.29 is 9.47 Å². The molecule has 108 valence electrons. The first-order valence-electron chi connectivity index (χ1n) is 7.15. The predicted octanol–water partition coefficient (Wildman–Crippen LogP) is 3.64. The largest absolute Gasteiger partial charge is 0.493 e. The molecular formula is C16H22N2O2. The van der Waals surface area contributed by atoms with Gasteiger partial charge < -0.3 is 14.8 Å². The van der Waals surface area contributed by atoms with Gasteiger partial charge >= 0.3 is 0 Å². The van der Waals surface area contributed by atoms with Gasteiger partial charge in [-0.3, -0.25) is 0 Å². The SMILES string of the molecule is CCOc1ccc(OCC)c2c(NC)cc(CC)nc12. The molecule has 0 atom stereocenters. The Balaban J connectivity index is 2.76. The number of nitrogens with zero attached hydrogens (tertiary/aromatic N) is 1. The van der Waals surface area contributed by atoms with Crippen LogP contribution in [0.4, 0.5) is 5.69 Å². The van der Waals surface area contributed by atoms with Gasteiger partial charge in [0.2, 0.25) is 0 Å². The molecule has 2 rings (SSSR count). The number of hydrogen-bond donors (Lipinski definition) is 1. The maximum Gasteiger partial charge on any atom is 0.145 e. The maximum absolute atomic E-state index is 5.73. The highest BCUT2D eigenvalue weighted by molar-refractivity contribution is 5.99. The molecule has 0 unspecified atom stereocenters. The second-order valence-corrected chi connectivity index (χ2v) is 4.42. The Hall–Kier alpha value is -1.97. The Labute approximate surface area is 120 Å². The Morgan fingerprint density at radius 3 is 2.30 bits per heavy atom. The minimum atomic E-state index is 0.621. The van der Waals surface area contributed by atoms with Gasteiger partial charge in [0.15, 0.2) is 0 Å². The van der Waals surface area contributed by atoms with Gasteiger partial charge in [-0.15, -0.1) is 0 Å². The predicted molar refractivity (Wildman–Crippen MR) is 83.0 cm³/mol. The molecule has 0 saturated carbocycles. The van der Waals surface area contributed by atoms with Crippen molar-refractivity contribution in [3.63, 3.8) is 0 Å². The molecule has 0 aliphatic heterocycles. The second kappa shape index (κ2) is 6.46. The van der Waals surface area contributed by atoms with Crippen LogP contribution >= 0.6 is 0 Å². The summed E-state index contributed by atoms with van der Waals surface area (Å²) in [5, 5.41) is 4.22. The molecule has 0 fully saturated rings. The van der Waals surface area contributed by atoms with Crippen molar-refractivity contribution in [1.29, 1.82) is 0 Å². The van der Waals surface area contributed by atoms with Crippen molar-refractivity contribution in [2.45, 2.75) is 27.2 Å². The fourth-order valence-corrected chi connectivity index (χ4v) is 2.27. The maximum atomic E-state index is 5.73. The molecule has 0 aliphatic rings. The molecule has 1 aromatic carbocycles. The lowest BCUT2D eigenvalue weighted by atomic mass is 10.1. The van der Waals surface area contributed by atoms with E-state index in [9.17, 15) is 0 Å². The van der Waals surface area contributed by atoms with Crippen LogP contribution in [0.5, 0.6) is 11.5 Å². The van der Waals surface area contributed by atoms with Gasteiger partial charge in [0, 0.05) is 18.4 Å². The first kappa shape index (κ1) is 14.4. The zero-order chi connectivity index (χ0) is 14.5. The normalized spacial score (nSPS) is 10.6. The van der Waals surface area contributed by atoms with E-state index in [0.717, 1.165) is 40.2 Å². The fourth-order valence-electron chi connectivity index (χ4n) is 2.27. The molecule has 4 heteroatoms. The van der Waals surface area contributed by atoms with Crippen LogP contribution in [0.15, 0.2) is 18.2 Å². The molecule has 1 heterocycles. The van der Waals surface area contributed by atoms with E-state index >= 15 is 0 Å². The summed E-state index contributed by atoms with van der Waals surface area (Å²) >= 11 is 0. The summed E-state index contributed by atoms with van der Waals surface area (Å²) in [5.41, 5.74) is 2.93. The van der Waals surface area contributed by atoms with E-state index in [4.69, 9.17) is 14.5 Å². The second-order valence-electron chi connectivity index (χ2n) is 4.42. The summed E-state index contributed by atoms with van der Waals surface area (Å²) in [6.45, 7) is 7.30. The van der Waals surface area contributed by atoms with Crippen LogP contribution in [-0.2, 0) is 6.42 Å². The average molecular weight is 274 g/mol. The molecular weight excluding hydrogens is 252 g/mol. The number of anilines is 1. The monoisotopic (exact) mass is 274 g/mol. The highest BCUT2D eigenvalue weighted by atomic mass is 16.5. The van der Waals surface area contributed by atoms with Crippen molar-refractivity contribution in [3.8, 4) is 11.5 Å². The fraction of sp³-hybridized carbons (Fsp3) is 0.438. The third-order valence-electron chi connectivity index (χ3n) is 3.17. The number of ether oxygens (including phenoxy) is 2. The van der Waals surface area contributed by atoms with E-state index in [-0.39, 0.29) is 0 Å². The van der Waals surface area contributed by atoms with Crippen LogP contribution in [-0.4, -0.2) is 25.2 Å². The minimum Gasteiger partial charge on any atom is -0.493 e. The molecule has 4 nitrogen and oxygen atoms in total. The van der Waals surface area contributed by atoms with Crippen molar-refractivity contribution in [2.75, 3.05) is 25.6 Å². The lowest BCUT2D eigenvalue weighted by Gasteiger charge is -2.15. The first-order chi connectivity index (χ1) is 9.74. The highest BCUT2D eigenvalue weighted by Gasteiger charge is 2.14. The summed E-state index contributed by atoms with van der Waals surface area (Å²) in [5.74, 6) is 1.64. The van der Waals surface area contributed by atoms with Crippen LogP contribution in [0.2, 0.25) is 0 Å². The van der Waals surface area contributed by atoms with Crippen molar-refractivity contribution >= 4 is 16.6 Å². The van der Waals surface area contributed by atoms with Gasteiger partial charge in [0.1, 0.15) is 17.0 Å². The van der Waals surface area contributed by atoms with Crippen molar-refractivity contribution in [3.05, 3.63) is 23.9 Å². The topological polar surface area (TPSA) is 43.4 Å². The third-order valence-corrected chi connectivity index (χ3v) is 3.17. The minimum absolute atomic E-state index is 0.621. The van der Waals surface area contributed by atoms with Crippen molar-refractivity contribution in [1.82, 2.24) is 4.98 Å². The smallest absolute Gasteiger partial charge is 0.145 e. The van der Waals surface area contributed by atoms with Crippen LogP contribution in [0.3, 0.4) is 0 Å². The first-order valence-corrected chi connectivity index (χ1v) is 7.15. The highest BCUT2D eigenvalue weighted by Crippen LogP contribution is 2.37. The summed E-state index contributed by atoms with van der Waals surface area (Å²) in [6, 6.07) is 5.95. The molecule has 0 saturated heterocycles. The molecule has 0 spiro atoms. The number of hydrogen-bond acceptors (Lipinski definition) is 4. The van der Waals surface area contributed by atoms with E-state index in [1.54, 1.807) is 0 Å². The molecule has 1 aromatic heterocycles. The average Bonchev–Trinajstić information content (AvgIpc) is 2.48. The standard InChI is InChI=1S/C16H22N2O2/c1-5-11-10-12(17-4)15-13(19-6-2)8-9-14(20-7-3)16(15)18-11/h8-10H,5-7H2,1-4H3,(H,17,18). The lowest BCUT2D eigenvalue weighted by Crippen LogP contribution is -2.02. The molecule has 20 heavy (non-hydrogen) atoms. The number of nitrogens with one attached hydrogen (secondary N) is 1. The Kier molecular flexibility index (Phi) is 4.66. The number of pyridine rings is 1. The molecule has 0 bridgehead atoms. The molecule has 0 amide bonds. The van der Waals surface area contributed by atoms with E-state index in [1.807, 2.05) is 33.0 Å². The molecule has 2 aromatic rings. The van der Waals surface area contributed by atoms with E-state index in [1.165, 1.54) is 0 Å². The van der Waals surface area contributed by atoms with Crippen LogP contribution in [0.25, 0.3) is 10.9 Å². The van der Waals surface area contributed by atoms with Gasteiger partial charge in [-0.1, -0.05) is 6.92 Å². The molecule has 0 radical (unpaired) electrons.